The van der Waals surface area contributed by atoms with Crippen molar-refractivity contribution in [2.45, 2.75) is 45.3 Å². The van der Waals surface area contributed by atoms with Gasteiger partial charge in [0.05, 0.1) is 12.2 Å². The number of carboxylic acid groups (broad SMARTS) is 1. The minimum Gasteiger partial charge on any atom is -0.482 e. The molecule has 3 rings (SSSR count). The molecule has 0 amide bonds. The monoisotopic (exact) mass is 458 g/mol. The maximum Gasteiger partial charge on any atom is 0.341 e. The van der Waals surface area contributed by atoms with Gasteiger partial charge in [-0.25, -0.2) is 4.79 Å². The second-order valence-electron chi connectivity index (χ2n) is 7.84. The van der Waals surface area contributed by atoms with E-state index in [-0.39, 0.29) is 30.7 Å². The Morgan fingerprint density at radius 2 is 2.07 bits per heavy atom. The van der Waals surface area contributed by atoms with Crippen molar-refractivity contribution in [3.8, 4) is 5.75 Å². The fourth-order valence-corrected chi connectivity index (χ4v) is 4.46. The summed E-state index contributed by atoms with van der Waals surface area (Å²) in [7, 11) is 0. The molecule has 1 heterocycles. The predicted octanol–water partition coefficient (Wildman–Crippen LogP) is 6.05. The molecule has 0 radical (unpaired) electrons. The lowest BCUT2D eigenvalue weighted by Gasteiger charge is -2.42. The molecule has 154 valence electrons. The maximum absolute atomic E-state index is 11.0. The summed E-state index contributed by atoms with van der Waals surface area (Å²) < 4.78 is 13.0. The van der Waals surface area contributed by atoms with E-state index in [0.29, 0.717) is 5.75 Å². The fourth-order valence-electron chi connectivity index (χ4n) is 4.08. The number of benzene rings is 2. The van der Waals surface area contributed by atoms with E-state index in [2.05, 4.69) is 60.6 Å². The topological polar surface area (TPSA) is 55.8 Å². The molecule has 0 spiro atoms. The number of aliphatic carboxylic acids is 1. The standard InChI is InChI=1S/C24H27BrO4/c1-14(2)19-12-20(17-7-5-6-15(3)10-17)16(4)29-24(19)21-11-18(25)8-9-22(21)28-13-23(26)27/h5-11,16,19-20,24H,1,12-13H2,2-4H3,(H,26,27)/t16-,19-,20-,24-/m0/s1. The van der Waals surface area contributed by atoms with Gasteiger partial charge in [0, 0.05) is 21.9 Å². The second-order valence-corrected chi connectivity index (χ2v) is 8.75. The molecule has 0 unspecified atom stereocenters. The quantitative estimate of drug-likeness (QED) is 0.535. The van der Waals surface area contributed by atoms with Crippen LogP contribution in [0.25, 0.3) is 0 Å². The normalized spacial score (nSPS) is 24.1. The van der Waals surface area contributed by atoms with Crippen LogP contribution in [0.5, 0.6) is 5.75 Å². The van der Waals surface area contributed by atoms with Crippen LogP contribution >= 0.6 is 15.9 Å². The summed E-state index contributed by atoms with van der Waals surface area (Å²) in [6, 6.07) is 14.2. The molecule has 4 nitrogen and oxygen atoms in total. The Bertz CT molecular complexity index is 908. The number of aryl methyl sites for hydroxylation is 1. The SMILES string of the molecule is C=C(C)[C@@H]1C[C@H](c2cccc(C)c2)[C@H](C)O[C@@H]1c1cc(Br)ccc1OCC(=O)O. The molecule has 0 aromatic heterocycles. The van der Waals surface area contributed by atoms with Crippen molar-refractivity contribution < 1.29 is 19.4 Å². The highest BCUT2D eigenvalue weighted by Gasteiger charge is 2.39. The van der Waals surface area contributed by atoms with Crippen molar-refractivity contribution in [1.82, 2.24) is 0 Å². The average Bonchev–Trinajstić information content (AvgIpc) is 2.66. The highest BCUT2D eigenvalue weighted by atomic mass is 79.9. The van der Waals surface area contributed by atoms with E-state index in [1.807, 2.05) is 19.1 Å². The van der Waals surface area contributed by atoms with E-state index < -0.39 is 5.97 Å². The number of hydrogen-bond donors (Lipinski definition) is 1. The number of halogens is 1. The van der Waals surface area contributed by atoms with Crippen molar-refractivity contribution in [3.63, 3.8) is 0 Å². The highest BCUT2D eigenvalue weighted by Crippen LogP contribution is 2.48. The van der Waals surface area contributed by atoms with Gasteiger partial charge in [0.2, 0.25) is 0 Å². The van der Waals surface area contributed by atoms with Crippen LogP contribution < -0.4 is 4.74 Å². The highest BCUT2D eigenvalue weighted by molar-refractivity contribution is 9.10. The Morgan fingerprint density at radius 3 is 2.72 bits per heavy atom. The van der Waals surface area contributed by atoms with Gasteiger partial charge in [-0.1, -0.05) is 57.9 Å². The summed E-state index contributed by atoms with van der Waals surface area (Å²) in [4.78, 5) is 11.0. The third-order valence-electron chi connectivity index (χ3n) is 5.53. The number of carbonyl (C=O) groups is 1. The minimum atomic E-state index is -1.01. The molecule has 0 bridgehead atoms. The Hall–Kier alpha value is -2.11. The van der Waals surface area contributed by atoms with E-state index in [4.69, 9.17) is 14.6 Å². The number of hydrogen-bond acceptors (Lipinski definition) is 3. The van der Waals surface area contributed by atoms with E-state index in [0.717, 1.165) is 22.0 Å². The second kappa shape index (κ2) is 9.14. The molecular weight excluding hydrogens is 432 g/mol. The molecular formula is C24H27BrO4. The molecule has 1 aliphatic heterocycles. The van der Waals surface area contributed by atoms with Crippen molar-refractivity contribution >= 4 is 21.9 Å². The Labute approximate surface area is 180 Å². The zero-order valence-corrected chi connectivity index (χ0v) is 18.6. The maximum atomic E-state index is 11.0. The fraction of sp³-hybridized carbons (Fsp3) is 0.375. The van der Waals surface area contributed by atoms with E-state index in [1.165, 1.54) is 11.1 Å². The van der Waals surface area contributed by atoms with Crippen molar-refractivity contribution in [2.24, 2.45) is 5.92 Å². The first-order valence-electron chi connectivity index (χ1n) is 9.77. The lowest BCUT2D eigenvalue weighted by Crippen LogP contribution is -2.34. The van der Waals surface area contributed by atoms with Gasteiger partial charge >= 0.3 is 5.97 Å². The van der Waals surface area contributed by atoms with Gasteiger partial charge in [-0.3, -0.25) is 0 Å². The minimum absolute atomic E-state index is 0.00343. The first kappa shape index (κ1) is 21.6. The zero-order valence-electron chi connectivity index (χ0n) is 17.0. The molecule has 2 aromatic rings. The van der Waals surface area contributed by atoms with E-state index >= 15 is 0 Å². The van der Waals surface area contributed by atoms with Gasteiger partial charge in [0.15, 0.2) is 6.61 Å². The summed E-state index contributed by atoms with van der Waals surface area (Å²) in [6.07, 6.45) is 0.670. The van der Waals surface area contributed by atoms with Crippen LogP contribution in [0.15, 0.2) is 59.1 Å². The number of carboxylic acids is 1. The number of rotatable bonds is 6. The molecule has 1 saturated heterocycles. The van der Waals surface area contributed by atoms with Crippen molar-refractivity contribution in [1.29, 1.82) is 0 Å². The molecule has 0 aliphatic carbocycles. The van der Waals surface area contributed by atoms with Crippen molar-refractivity contribution in [2.75, 3.05) is 6.61 Å². The zero-order chi connectivity index (χ0) is 21.1. The molecule has 4 atom stereocenters. The van der Waals surface area contributed by atoms with Crippen LogP contribution in [0.1, 0.15) is 49.0 Å². The van der Waals surface area contributed by atoms with Crippen LogP contribution in [0.2, 0.25) is 0 Å². The molecule has 2 aromatic carbocycles. The number of ether oxygens (including phenoxy) is 2. The van der Waals surface area contributed by atoms with Gasteiger partial charge in [-0.05, 0) is 51.0 Å². The summed E-state index contributed by atoms with van der Waals surface area (Å²) in [5, 5.41) is 9.02. The van der Waals surface area contributed by atoms with Crippen LogP contribution in [-0.2, 0) is 9.53 Å². The molecule has 1 fully saturated rings. The predicted molar refractivity (Wildman–Crippen MR) is 117 cm³/mol. The Kier molecular flexibility index (Phi) is 6.81. The van der Waals surface area contributed by atoms with Crippen molar-refractivity contribution in [3.05, 3.63) is 75.8 Å². The third kappa shape index (κ3) is 5.09. The molecule has 0 saturated carbocycles. The molecule has 1 aliphatic rings. The van der Waals surface area contributed by atoms with E-state index in [9.17, 15) is 4.79 Å². The Balaban J connectivity index is 1.95. The summed E-state index contributed by atoms with van der Waals surface area (Å²) in [6.45, 7) is 10.1. The van der Waals surface area contributed by atoms with Gasteiger partial charge in [0.1, 0.15) is 5.75 Å². The lowest BCUT2D eigenvalue weighted by molar-refractivity contribution is -0.139. The lowest BCUT2D eigenvalue weighted by atomic mass is 9.75. The Morgan fingerprint density at radius 1 is 1.31 bits per heavy atom. The van der Waals surface area contributed by atoms with Crippen LogP contribution in [-0.4, -0.2) is 23.8 Å². The largest absolute Gasteiger partial charge is 0.482 e. The summed E-state index contributed by atoms with van der Waals surface area (Å²) in [5.74, 6) is -0.109. The van der Waals surface area contributed by atoms with Gasteiger partial charge in [0.25, 0.3) is 0 Å². The van der Waals surface area contributed by atoms with Gasteiger partial charge in [-0.15, -0.1) is 0 Å². The smallest absolute Gasteiger partial charge is 0.341 e. The van der Waals surface area contributed by atoms with Crippen LogP contribution in [0.4, 0.5) is 0 Å². The first-order chi connectivity index (χ1) is 13.8. The van der Waals surface area contributed by atoms with E-state index in [1.54, 1.807) is 6.07 Å². The van der Waals surface area contributed by atoms with Gasteiger partial charge < -0.3 is 14.6 Å². The summed E-state index contributed by atoms with van der Waals surface area (Å²) >= 11 is 3.52. The average molecular weight is 459 g/mol. The first-order valence-corrected chi connectivity index (χ1v) is 10.6. The summed E-state index contributed by atoms with van der Waals surface area (Å²) in [5.41, 5.74) is 4.41. The third-order valence-corrected chi connectivity index (χ3v) is 6.03. The van der Waals surface area contributed by atoms with Crippen LogP contribution in [0, 0.1) is 12.8 Å². The molecule has 1 N–H and O–H groups in total. The van der Waals surface area contributed by atoms with Gasteiger partial charge in [-0.2, -0.15) is 0 Å². The molecule has 29 heavy (non-hydrogen) atoms. The molecule has 5 heteroatoms. The van der Waals surface area contributed by atoms with Crippen LogP contribution in [0.3, 0.4) is 0 Å².